The molecule has 0 bridgehead atoms. The Bertz CT molecular complexity index is 459. The average Bonchev–Trinajstić information content (AvgIpc) is 2.40. The van der Waals surface area contributed by atoms with E-state index in [4.69, 9.17) is 0 Å². The monoisotopic (exact) mass is 256 g/mol. The van der Waals surface area contributed by atoms with Crippen molar-refractivity contribution in [2.75, 3.05) is 12.0 Å². The highest BCUT2D eigenvalue weighted by atomic mass is 15.0. The molecule has 19 heavy (non-hydrogen) atoms. The Hall–Kier alpha value is -1.96. The molecule has 1 aromatic carbocycles. The fraction of sp³-hybridized carbons (Fsp3) is 0.294. The summed E-state index contributed by atoms with van der Waals surface area (Å²) in [6, 6.07) is 4.47. The second-order valence-corrected chi connectivity index (χ2v) is 4.47. The van der Waals surface area contributed by atoms with Gasteiger partial charge in [0.2, 0.25) is 0 Å². The summed E-state index contributed by atoms with van der Waals surface area (Å²) in [6.07, 6.45) is 9.77. The largest absolute Gasteiger partial charge is 0.374 e. The van der Waals surface area contributed by atoms with Crippen LogP contribution in [0.25, 0.3) is 6.08 Å². The lowest BCUT2D eigenvalue weighted by Gasteiger charge is -2.15. The van der Waals surface area contributed by atoms with Gasteiger partial charge in [0.1, 0.15) is 0 Å². The van der Waals surface area contributed by atoms with Crippen molar-refractivity contribution in [1.29, 1.82) is 0 Å². The highest BCUT2D eigenvalue weighted by molar-refractivity contribution is 5.64. The highest BCUT2D eigenvalue weighted by Gasteiger charge is 2.05. The summed E-state index contributed by atoms with van der Waals surface area (Å²) in [5, 5.41) is 6.46. The maximum absolute atomic E-state index is 3.71. The van der Waals surface area contributed by atoms with Crippen LogP contribution in [0.4, 0.5) is 5.69 Å². The van der Waals surface area contributed by atoms with Crippen molar-refractivity contribution in [3.8, 4) is 0 Å². The Morgan fingerprint density at radius 3 is 2.68 bits per heavy atom. The lowest BCUT2D eigenvalue weighted by Crippen LogP contribution is -2.16. The molecule has 0 heterocycles. The van der Waals surface area contributed by atoms with Gasteiger partial charge in [0, 0.05) is 5.69 Å². The summed E-state index contributed by atoms with van der Waals surface area (Å²) in [6.45, 7) is 12.4. The quantitative estimate of drug-likeness (QED) is 0.413. The molecule has 1 rings (SSSR count). The molecule has 0 atom stereocenters. The molecular formula is C17H24N2. The lowest BCUT2D eigenvalue weighted by molar-refractivity contribution is 0.900. The minimum Gasteiger partial charge on any atom is -0.374 e. The third-order valence-corrected chi connectivity index (χ3v) is 2.95. The predicted octanol–water partition coefficient (Wildman–Crippen LogP) is 4.25. The van der Waals surface area contributed by atoms with E-state index in [1.165, 1.54) is 22.4 Å². The second kappa shape index (κ2) is 8.20. The zero-order valence-corrected chi connectivity index (χ0v) is 12.0. The first-order valence-electron chi connectivity index (χ1n) is 6.73. The van der Waals surface area contributed by atoms with E-state index in [1.807, 2.05) is 6.08 Å². The van der Waals surface area contributed by atoms with E-state index >= 15 is 0 Å². The normalized spacial score (nSPS) is 10.4. The molecule has 0 radical (unpaired) electrons. The van der Waals surface area contributed by atoms with Gasteiger partial charge in [-0.25, -0.2) is 0 Å². The van der Waals surface area contributed by atoms with Crippen LogP contribution in [0.2, 0.25) is 0 Å². The van der Waals surface area contributed by atoms with Crippen molar-refractivity contribution in [3.05, 3.63) is 60.3 Å². The summed E-state index contributed by atoms with van der Waals surface area (Å²) < 4.78 is 0. The molecule has 0 saturated carbocycles. The van der Waals surface area contributed by atoms with E-state index in [-0.39, 0.29) is 0 Å². The zero-order chi connectivity index (χ0) is 14.1. The van der Waals surface area contributed by atoms with E-state index in [1.54, 1.807) is 12.3 Å². The Kier molecular flexibility index (Phi) is 6.51. The smallest absolute Gasteiger partial charge is 0.0844 e. The van der Waals surface area contributed by atoms with Crippen LogP contribution in [0.3, 0.4) is 0 Å². The van der Waals surface area contributed by atoms with Gasteiger partial charge in [-0.1, -0.05) is 50.8 Å². The van der Waals surface area contributed by atoms with Gasteiger partial charge in [0.15, 0.2) is 0 Å². The minimum absolute atomic E-state index is 0.688. The number of nitrogens with one attached hydrogen (secondary N) is 2. The SMILES string of the molecule is C=C/C=C\c1cc(NCNC=C)c(CCC)cc1C. The molecule has 0 aliphatic heterocycles. The first kappa shape index (κ1) is 15.1. The van der Waals surface area contributed by atoms with Crippen LogP contribution in [0.1, 0.15) is 30.0 Å². The predicted molar refractivity (Wildman–Crippen MR) is 86.2 cm³/mol. The van der Waals surface area contributed by atoms with Crippen molar-refractivity contribution in [1.82, 2.24) is 5.32 Å². The molecule has 0 fully saturated rings. The number of aryl methyl sites for hydroxylation is 2. The number of benzene rings is 1. The molecule has 0 aromatic heterocycles. The van der Waals surface area contributed by atoms with Crippen LogP contribution in [0.15, 0.2) is 43.6 Å². The fourth-order valence-electron chi connectivity index (χ4n) is 1.99. The number of rotatable bonds is 8. The molecule has 2 nitrogen and oxygen atoms in total. The highest BCUT2D eigenvalue weighted by Crippen LogP contribution is 2.23. The maximum Gasteiger partial charge on any atom is 0.0844 e. The molecule has 0 aliphatic rings. The van der Waals surface area contributed by atoms with Crippen LogP contribution >= 0.6 is 0 Å². The number of anilines is 1. The van der Waals surface area contributed by atoms with E-state index in [2.05, 4.69) is 55.8 Å². The van der Waals surface area contributed by atoms with Crippen LogP contribution in [-0.4, -0.2) is 6.67 Å². The van der Waals surface area contributed by atoms with E-state index in [9.17, 15) is 0 Å². The van der Waals surface area contributed by atoms with Crippen molar-refractivity contribution in [3.63, 3.8) is 0 Å². The third kappa shape index (κ3) is 4.66. The van der Waals surface area contributed by atoms with Gasteiger partial charge in [0.25, 0.3) is 0 Å². The molecular weight excluding hydrogens is 232 g/mol. The topological polar surface area (TPSA) is 24.1 Å². The molecule has 2 N–H and O–H groups in total. The van der Waals surface area contributed by atoms with E-state index in [0.29, 0.717) is 6.67 Å². The van der Waals surface area contributed by atoms with Gasteiger partial charge in [-0.2, -0.15) is 0 Å². The van der Waals surface area contributed by atoms with Crippen LogP contribution in [0.5, 0.6) is 0 Å². The number of hydrogen-bond acceptors (Lipinski definition) is 2. The van der Waals surface area contributed by atoms with Crippen molar-refractivity contribution < 1.29 is 0 Å². The van der Waals surface area contributed by atoms with Gasteiger partial charge in [-0.05, 0) is 42.3 Å². The van der Waals surface area contributed by atoms with Crippen LogP contribution in [-0.2, 0) is 6.42 Å². The van der Waals surface area contributed by atoms with E-state index < -0.39 is 0 Å². The summed E-state index contributed by atoms with van der Waals surface area (Å²) in [4.78, 5) is 0. The first-order valence-corrected chi connectivity index (χ1v) is 6.73. The van der Waals surface area contributed by atoms with Crippen LogP contribution in [0, 0.1) is 6.92 Å². The summed E-state index contributed by atoms with van der Waals surface area (Å²) in [7, 11) is 0. The van der Waals surface area contributed by atoms with Gasteiger partial charge in [-0.15, -0.1) is 0 Å². The number of allylic oxidation sites excluding steroid dienone is 2. The molecule has 0 amide bonds. The number of hydrogen-bond donors (Lipinski definition) is 2. The van der Waals surface area contributed by atoms with Gasteiger partial charge in [0.05, 0.1) is 6.67 Å². The van der Waals surface area contributed by atoms with Gasteiger partial charge in [-0.3, -0.25) is 0 Å². The second-order valence-electron chi connectivity index (χ2n) is 4.47. The molecule has 0 aliphatic carbocycles. The maximum atomic E-state index is 3.71. The van der Waals surface area contributed by atoms with Crippen molar-refractivity contribution >= 4 is 11.8 Å². The average molecular weight is 256 g/mol. The van der Waals surface area contributed by atoms with Gasteiger partial charge >= 0.3 is 0 Å². The Labute approximate surface area is 116 Å². The van der Waals surface area contributed by atoms with Gasteiger partial charge < -0.3 is 10.6 Å². The molecule has 2 heteroatoms. The first-order chi connectivity index (χ1) is 9.22. The Balaban J connectivity index is 3.03. The van der Waals surface area contributed by atoms with E-state index in [0.717, 1.165) is 12.8 Å². The standard InChI is InChI=1S/C17H24N2/c1-5-8-10-15-12-17(19-13-18-7-3)16(9-6-2)11-14(15)4/h5,7-8,10-12,18-19H,1,3,6,9,13H2,2,4H3/b10-8-. The summed E-state index contributed by atoms with van der Waals surface area (Å²) in [5.74, 6) is 0. The molecule has 102 valence electrons. The Morgan fingerprint density at radius 1 is 1.26 bits per heavy atom. The Morgan fingerprint density at radius 2 is 2.05 bits per heavy atom. The van der Waals surface area contributed by atoms with Crippen LogP contribution < -0.4 is 10.6 Å². The summed E-state index contributed by atoms with van der Waals surface area (Å²) in [5.41, 5.74) is 5.07. The summed E-state index contributed by atoms with van der Waals surface area (Å²) >= 11 is 0. The minimum atomic E-state index is 0.688. The fourth-order valence-corrected chi connectivity index (χ4v) is 1.99. The lowest BCUT2D eigenvalue weighted by atomic mass is 9.99. The van der Waals surface area contributed by atoms with Crippen molar-refractivity contribution in [2.24, 2.45) is 0 Å². The molecule has 0 spiro atoms. The molecule has 0 saturated heterocycles. The van der Waals surface area contributed by atoms with Crippen molar-refractivity contribution in [2.45, 2.75) is 26.7 Å². The molecule has 1 aromatic rings. The zero-order valence-electron chi connectivity index (χ0n) is 12.0. The molecule has 0 unspecified atom stereocenters. The third-order valence-electron chi connectivity index (χ3n) is 2.95.